The maximum atomic E-state index is 13.0. The van der Waals surface area contributed by atoms with Gasteiger partial charge in [-0.25, -0.2) is 9.97 Å². The van der Waals surface area contributed by atoms with Gasteiger partial charge in [0.2, 0.25) is 5.95 Å². The van der Waals surface area contributed by atoms with Gasteiger partial charge in [0.05, 0.1) is 0 Å². The van der Waals surface area contributed by atoms with Gasteiger partial charge in [-0.1, -0.05) is 37.1 Å². The van der Waals surface area contributed by atoms with Gasteiger partial charge >= 0.3 is 0 Å². The van der Waals surface area contributed by atoms with Crippen molar-refractivity contribution in [1.29, 1.82) is 0 Å². The summed E-state index contributed by atoms with van der Waals surface area (Å²) in [6.45, 7) is 5.55. The summed E-state index contributed by atoms with van der Waals surface area (Å²) in [6.07, 6.45) is 10.8. The first-order chi connectivity index (χ1) is 20.5. The highest BCUT2D eigenvalue weighted by Crippen LogP contribution is 2.42. The molecular weight excluding hydrogens is 524 g/mol. The van der Waals surface area contributed by atoms with Crippen molar-refractivity contribution < 1.29 is 4.79 Å². The minimum Gasteiger partial charge on any atom is -0.370 e. The molecule has 2 saturated heterocycles. The first kappa shape index (κ1) is 26.9. The second kappa shape index (κ2) is 11.0. The molecule has 3 aromatic heterocycles. The summed E-state index contributed by atoms with van der Waals surface area (Å²) < 4.78 is 2.14. The number of para-hydroxylation sites is 1. The standard InChI is InChI=1S/C33H40N8O/c1-38(2)31(42)28-18-25-20-35-32(37-30(25)41(28)27-10-6-7-11-27)36-29-13-12-24(19-34-29)21-39-16-14-33(15-17-39)22-40(23-33)26-8-4-3-5-9-26/h3-5,8-9,12-13,18-20,27H,6-7,10-11,14-17,21-23H2,1-2H3,(H,34,35,36,37). The van der Waals surface area contributed by atoms with E-state index >= 15 is 0 Å². The summed E-state index contributed by atoms with van der Waals surface area (Å²) in [6, 6.07) is 17.2. The number of carbonyl (C=O) groups excluding carboxylic acids is 1. The zero-order valence-electron chi connectivity index (χ0n) is 24.7. The van der Waals surface area contributed by atoms with Gasteiger partial charge in [0.15, 0.2) is 0 Å². The lowest BCUT2D eigenvalue weighted by Crippen LogP contribution is -2.60. The molecular formula is C33H40N8O. The van der Waals surface area contributed by atoms with Crippen molar-refractivity contribution >= 4 is 34.4 Å². The van der Waals surface area contributed by atoms with E-state index < -0.39 is 0 Å². The molecule has 218 valence electrons. The quantitative estimate of drug-likeness (QED) is 0.318. The smallest absolute Gasteiger partial charge is 0.270 e. The summed E-state index contributed by atoms with van der Waals surface area (Å²) >= 11 is 0. The maximum absolute atomic E-state index is 13.0. The Bertz CT molecular complexity index is 1540. The number of aromatic nitrogens is 4. The highest BCUT2D eigenvalue weighted by atomic mass is 16.2. The number of piperidine rings is 1. The van der Waals surface area contributed by atoms with Crippen molar-refractivity contribution in [3.8, 4) is 0 Å². The van der Waals surface area contributed by atoms with E-state index in [9.17, 15) is 4.79 Å². The van der Waals surface area contributed by atoms with E-state index in [2.05, 4.69) is 66.0 Å². The molecule has 1 aromatic carbocycles. The van der Waals surface area contributed by atoms with Crippen LogP contribution in [0, 0.1) is 5.41 Å². The van der Waals surface area contributed by atoms with Crippen molar-refractivity contribution in [2.24, 2.45) is 5.41 Å². The number of nitrogens with zero attached hydrogens (tertiary/aromatic N) is 7. The first-order valence-corrected chi connectivity index (χ1v) is 15.3. The molecule has 9 nitrogen and oxygen atoms in total. The number of likely N-dealkylation sites (tertiary alicyclic amines) is 1. The monoisotopic (exact) mass is 564 g/mol. The topological polar surface area (TPSA) is 82.4 Å². The molecule has 5 heterocycles. The predicted octanol–water partition coefficient (Wildman–Crippen LogP) is 5.49. The third kappa shape index (κ3) is 5.22. The van der Waals surface area contributed by atoms with Crippen molar-refractivity contribution in [3.63, 3.8) is 0 Å². The van der Waals surface area contributed by atoms with Crippen LogP contribution in [0.1, 0.15) is 60.6 Å². The summed E-state index contributed by atoms with van der Waals surface area (Å²) in [7, 11) is 3.59. The number of fused-ring (bicyclic) bond motifs is 1. The van der Waals surface area contributed by atoms with E-state index in [1.165, 1.54) is 50.0 Å². The van der Waals surface area contributed by atoms with Gasteiger partial charge in [-0.05, 0) is 68.6 Å². The molecule has 3 fully saturated rings. The number of anilines is 3. The Balaban J connectivity index is 0.983. The van der Waals surface area contributed by atoms with E-state index in [1.54, 1.807) is 25.2 Å². The number of hydrogen-bond acceptors (Lipinski definition) is 7. The largest absolute Gasteiger partial charge is 0.370 e. The number of hydrogen-bond donors (Lipinski definition) is 1. The van der Waals surface area contributed by atoms with Crippen molar-refractivity contribution in [2.45, 2.75) is 51.1 Å². The molecule has 7 rings (SSSR count). The van der Waals surface area contributed by atoms with Gasteiger partial charge in [-0.2, -0.15) is 4.98 Å². The summed E-state index contributed by atoms with van der Waals surface area (Å²) in [5, 5.41) is 4.18. The lowest BCUT2D eigenvalue weighted by molar-refractivity contribution is 0.0724. The Kier molecular flexibility index (Phi) is 7.06. The van der Waals surface area contributed by atoms with Crippen LogP contribution in [0.2, 0.25) is 0 Å². The van der Waals surface area contributed by atoms with Crippen LogP contribution < -0.4 is 10.2 Å². The molecule has 3 aliphatic rings. The summed E-state index contributed by atoms with van der Waals surface area (Å²) in [5.74, 6) is 1.21. The zero-order chi connectivity index (χ0) is 28.7. The van der Waals surface area contributed by atoms with Crippen molar-refractivity contribution in [2.75, 3.05) is 50.5 Å². The highest BCUT2D eigenvalue weighted by molar-refractivity contribution is 5.97. The number of carbonyl (C=O) groups is 1. The van der Waals surface area contributed by atoms with E-state index in [0.29, 0.717) is 23.1 Å². The van der Waals surface area contributed by atoms with Gasteiger partial charge in [0.25, 0.3) is 5.91 Å². The molecule has 0 bridgehead atoms. The SMILES string of the molecule is CN(C)C(=O)c1cc2cnc(Nc3ccc(CN4CCC5(CC4)CN(c4ccccc4)C5)cn3)nc2n1C1CCCC1. The molecule has 0 atom stereocenters. The Morgan fingerprint density at radius 1 is 1.00 bits per heavy atom. The third-order valence-corrected chi connectivity index (χ3v) is 9.45. The number of nitrogens with one attached hydrogen (secondary N) is 1. The third-order valence-electron chi connectivity index (χ3n) is 9.45. The van der Waals surface area contributed by atoms with Crippen LogP contribution in [0.25, 0.3) is 11.0 Å². The Morgan fingerprint density at radius 2 is 1.76 bits per heavy atom. The average Bonchev–Trinajstić information content (AvgIpc) is 3.65. The lowest BCUT2D eigenvalue weighted by Gasteiger charge is -2.55. The maximum Gasteiger partial charge on any atom is 0.270 e. The number of rotatable bonds is 7. The molecule has 4 aromatic rings. The molecule has 1 amide bonds. The fraction of sp³-hybridized carbons (Fsp3) is 0.455. The predicted molar refractivity (Wildman–Crippen MR) is 166 cm³/mol. The van der Waals surface area contributed by atoms with E-state index in [-0.39, 0.29) is 5.91 Å². The molecule has 1 aliphatic carbocycles. The Hall–Kier alpha value is -3.98. The number of pyridine rings is 1. The molecule has 0 unspecified atom stereocenters. The van der Waals surface area contributed by atoms with Gasteiger partial charge in [-0.15, -0.1) is 0 Å². The average molecular weight is 565 g/mol. The van der Waals surface area contributed by atoms with Crippen LogP contribution in [0.3, 0.4) is 0 Å². The van der Waals surface area contributed by atoms with Gasteiger partial charge in [0, 0.05) is 68.7 Å². The fourth-order valence-corrected chi connectivity index (χ4v) is 7.05. The Labute approximate surface area is 247 Å². The van der Waals surface area contributed by atoms with Crippen LogP contribution in [0.5, 0.6) is 0 Å². The molecule has 0 radical (unpaired) electrons. The van der Waals surface area contributed by atoms with E-state index in [4.69, 9.17) is 4.98 Å². The van der Waals surface area contributed by atoms with Crippen LogP contribution >= 0.6 is 0 Å². The van der Waals surface area contributed by atoms with Gasteiger partial charge in [-0.3, -0.25) is 9.69 Å². The molecule has 9 heteroatoms. The van der Waals surface area contributed by atoms with E-state index in [0.717, 1.165) is 49.3 Å². The first-order valence-electron chi connectivity index (χ1n) is 15.3. The lowest BCUT2D eigenvalue weighted by atomic mass is 9.71. The van der Waals surface area contributed by atoms with Crippen LogP contribution in [-0.2, 0) is 6.54 Å². The highest BCUT2D eigenvalue weighted by Gasteiger charge is 2.44. The second-order valence-electron chi connectivity index (χ2n) is 12.7. The van der Waals surface area contributed by atoms with E-state index in [1.807, 2.05) is 18.3 Å². The molecule has 2 aliphatic heterocycles. The normalized spacial score (nSPS) is 18.9. The summed E-state index contributed by atoms with van der Waals surface area (Å²) in [5.41, 5.74) is 4.54. The number of amides is 1. The minimum absolute atomic E-state index is 0.00242. The molecule has 42 heavy (non-hydrogen) atoms. The van der Waals surface area contributed by atoms with Crippen LogP contribution in [0.4, 0.5) is 17.5 Å². The van der Waals surface area contributed by atoms with Crippen LogP contribution in [0.15, 0.2) is 60.9 Å². The second-order valence-corrected chi connectivity index (χ2v) is 12.7. The molecule has 1 spiro atoms. The zero-order valence-corrected chi connectivity index (χ0v) is 24.7. The fourth-order valence-electron chi connectivity index (χ4n) is 7.05. The van der Waals surface area contributed by atoms with Crippen molar-refractivity contribution in [3.05, 3.63) is 72.2 Å². The molecule has 1 N–H and O–H groups in total. The van der Waals surface area contributed by atoms with Crippen LogP contribution in [-0.4, -0.2) is 75.5 Å². The number of benzene rings is 1. The molecule has 1 saturated carbocycles. The Morgan fingerprint density at radius 3 is 2.45 bits per heavy atom. The minimum atomic E-state index is -0.00242. The van der Waals surface area contributed by atoms with Gasteiger partial charge in [0.1, 0.15) is 17.2 Å². The van der Waals surface area contributed by atoms with Crippen molar-refractivity contribution in [1.82, 2.24) is 29.3 Å². The van der Waals surface area contributed by atoms with Gasteiger partial charge < -0.3 is 19.7 Å². The summed E-state index contributed by atoms with van der Waals surface area (Å²) in [4.78, 5) is 33.8.